The molecule has 1 saturated heterocycles. The Hall–Kier alpha value is -2.08. The molecule has 18 heavy (non-hydrogen) atoms. The van der Waals surface area contributed by atoms with Crippen molar-refractivity contribution in [3.63, 3.8) is 0 Å². The van der Waals surface area contributed by atoms with Crippen LogP contribution in [0.3, 0.4) is 0 Å². The van der Waals surface area contributed by atoms with Gasteiger partial charge < -0.3 is 18.6 Å². The highest BCUT2D eigenvalue weighted by Gasteiger charge is 2.29. The number of methoxy groups -OCH3 is 1. The van der Waals surface area contributed by atoms with Crippen molar-refractivity contribution in [3.8, 4) is 11.6 Å². The molecule has 1 fully saturated rings. The number of hydrogen-bond acceptors (Lipinski definition) is 6. The second-order valence-corrected chi connectivity index (χ2v) is 3.84. The number of pyridine rings is 1. The average molecular weight is 248 g/mol. The minimum Gasteiger partial charge on any atom is -0.484 e. The summed E-state index contributed by atoms with van der Waals surface area (Å²) in [6.45, 7) is 1.01. The van der Waals surface area contributed by atoms with Crippen LogP contribution < -0.4 is 9.47 Å². The molecule has 0 bridgehead atoms. The summed E-state index contributed by atoms with van der Waals surface area (Å²) in [6.07, 6.45) is 4.69. The van der Waals surface area contributed by atoms with Gasteiger partial charge in [-0.1, -0.05) is 0 Å². The number of nitrogens with zero attached hydrogens (tertiary/aromatic N) is 2. The van der Waals surface area contributed by atoms with Crippen LogP contribution in [0.15, 0.2) is 29.3 Å². The predicted octanol–water partition coefficient (Wildman–Crippen LogP) is 1.73. The van der Waals surface area contributed by atoms with Gasteiger partial charge in [-0.25, -0.2) is 9.97 Å². The molecule has 6 nitrogen and oxygen atoms in total. The Balaban J connectivity index is 1.77. The Kier molecular flexibility index (Phi) is 2.85. The molecule has 0 spiro atoms. The van der Waals surface area contributed by atoms with Gasteiger partial charge in [0, 0.05) is 11.6 Å². The molecule has 2 aromatic rings. The zero-order valence-corrected chi connectivity index (χ0v) is 9.83. The van der Waals surface area contributed by atoms with Gasteiger partial charge >= 0.3 is 0 Å². The van der Waals surface area contributed by atoms with Gasteiger partial charge in [0.25, 0.3) is 0 Å². The monoisotopic (exact) mass is 248 g/mol. The van der Waals surface area contributed by atoms with Crippen molar-refractivity contribution in [1.29, 1.82) is 0 Å². The first-order valence-corrected chi connectivity index (χ1v) is 5.52. The van der Waals surface area contributed by atoms with E-state index in [4.69, 9.17) is 18.6 Å². The predicted molar refractivity (Wildman–Crippen MR) is 60.3 cm³/mol. The van der Waals surface area contributed by atoms with Crippen molar-refractivity contribution in [2.75, 3.05) is 13.7 Å². The third-order valence-corrected chi connectivity index (χ3v) is 2.62. The molecule has 0 amide bonds. The molecule has 0 radical (unpaired) electrons. The first-order chi connectivity index (χ1) is 8.86. The lowest BCUT2D eigenvalue weighted by Crippen LogP contribution is -1.99. The summed E-state index contributed by atoms with van der Waals surface area (Å²) in [7, 11) is 1.58. The molecule has 0 aromatic carbocycles. The third-order valence-electron chi connectivity index (χ3n) is 2.62. The molecular weight excluding hydrogens is 236 g/mol. The Morgan fingerprint density at radius 1 is 1.44 bits per heavy atom. The summed E-state index contributed by atoms with van der Waals surface area (Å²) in [6, 6.07) is 1.83. The number of rotatable bonds is 5. The van der Waals surface area contributed by atoms with E-state index < -0.39 is 0 Å². The van der Waals surface area contributed by atoms with Crippen LogP contribution in [-0.2, 0) is 11.3 Å². The van der Waals surface area contributed by atoms with Crippen molar-refractivity contribution < 1.29 is 18.6 Å². The van der Waals surface area contributed by atoms with Crippen LogP contribution in [0.4, 0.5) is 0 Å². The van der Waals surface area contributed by atoms with Crippen LogP contribution in [0, 0.1) is 0 Å². The summed E-state index contributed by atoms with van der Waals surface area (Å²) >= 11 is 0. The van der Waals surface area contributed by atoms with Crippen LogP contribution in [-0.4, -0.2) is 23.7 Å². The molecular formula is C12H12N2O4. The zero-order chi connectivity index (χ0) is 12.4. The van der Waals surface area contributed by atoms with E-state index in [0.717, 1.165) is 5.56 Å². The maximum absolute atomic E-state index is 5.65. The van der Waals surface area contributed by atoms with Crippen LogP contribution in [0.5, 0.6) is 11.6 Å². The summed E-state index contributed by atoms with van der Waals surface area (Å²) < 4.78 is 21.1. The van der Waals surface area contributed by atoms with Crippen LogP contribution in [0.1, 0.15) is 17.4 Å². The second kappa shape index (κ2) is 4.66. The highest BCUT2D eigenvalue weighted by atomic mass is 16.6. The minimum absolute atomic E-state index is 0.0756. The number of hydrogen-bond donors (Lipinski definition) is 0. The molecule has 3 heterocycles. The van der Waals surface area contributed by atoms with E-state index >= 15 is 0 Å². The van der Waals surface area contributed by atoms with Gasteiger partial charge in [-0.3, -0.25) is 0 Å². The average Bonchev–Trinajstić information content (AvgIpc) is 3.13. The topological polar surface area (TPSA) is 69.9 Å². The van der Waals surface area contributed by atoms with E-state index in [1.54, 1.807) is 19.5 Å². The van der Waals surface area contributed by atoms with Crippen LogP contribution in [0.25, 0.3) is 0 Å². The Morgan fingerprint density at radius 2 is 2.33 bits per heavy atom. The quantitative estimate of drug-likeness (QED) is 0.750. The molecule has 3 rings (SSSR count). The number of epoxide rings is 1. The summed E-state index contributed by atoms with van der Waals surface area (Å²) in [5, 5.41) is 0. The summed E-state index contributed by atoms with van der Waals surface area (Å²) in [4.78, 5) is 7.94. The van der Waals surface area contributed by atoms with Crippen molar-refractivity contribution in [2.45, 2.75) is 12.7 Å². The lowest BCUT2D eigenvalue weighted by Gasteiger charge is -2.09. The van der Waals surface area contributed by atoms with Gasteiger partial charge in [0.2, 0.25) is 5.88 Å². The van der Waals surface area contributed by atoms with Gasteiger partial charge in [-0.05, 0) is 0 Å². The Bertz CT molecular complexity index is 523. The molecule has 6 heteroatoms. The zero-order valence-electron chi connectivity index (χ0n) is 9.83. The van der Waals surface area contributed by atoms with Crippen molar-refractivity contribution in [2.24, 2.45) is 0 Å². The fourth-order valence-electron chi connectivity index (χ4n) is 1.61. The van der Waals surface area contributed by atoms with E-state index in [9.17, 15) is 0 Å². The van der Waals surface area contributed by atoms with Crippen molar-refractivity contribution in [3.05, 3.63) is 36.2 Å². The van der Waals surface area contributed by atoms with Gasteiger partial charge in [0.05, 0.1) is 26.1 Å². The maximum atomic E-state index is 5.65. The van der Waals surface area contributed by atoms with Crippen molar-refractivity contribution >= 4 is 0 Å². The van der Waals surface area contributed by atoms with E-state index in [1.807, 2.05) is 6.07 Å². The van der Waals surface area contributed by atoms with Gasteiger partial charge in [-0.2, -0.15) is 0 Å². The van der Waals surface area contributed by atoms with E-state index in [0.29, 0.717) is 30.6 Å². The molecule has 0 N–H and O–H groups in total. The second-order valence-electron chi connectivity index (χ2n) is 3.84. The van der Waals surface area contributed by atoms with E-state index in [2.05, 4.69) is 9.97 Å². The van der Waals surface area contributed by atoms with Gasteiger partial charge in [-0.15, -0.1) is 0 Å². The molecule has 0 saturated carbocycles. The summed E-state index contributed by atoms with van der Waals surface area (Å²) in [5.74, 6) is 1.88. The fourth-order valence-corrected chi connectivity index (χ4v) is 1.61. The third kappa shape index (κ3) is 2.28. The van der Waals surface area contributed by atoms with Gasteiger partial charge in [0.1, 0.15) is 18.5 Å². The number of oxazole rings is 1. The first kappa shape index (κ1) is 11.0. The minimum atomic E-state index is 0.0756. The molecule has 94 valence electrons. The highest BCUT2D eigenvalue weighted by Crippen LogP contribution is 2.37. The smallest absolute Gasteiger partial charge is 0.213 e. The standard InChI is InChI=1S/C12H12N2O4/c1-15-12-2-9(11-6-17-11)10(4-14-12)16-5-8-3-13-7-18-8/h2-4,7,11H,5-6H2,1H3. The largest absolute Gasteiger partial charge is 0.484 e. The fraction of sp³-hybridized carbons (Fsp3) is 0.333. The number of ether oxygens (including phenoxy) is 3. The summed E-state index contributed by atoms with van der Waals surface area (Å²) in [5.41, 5.74) is 0.946. The SMILES string of the molecule is COc1cc(C2CO2)c(OCc2cnco2)cn1. The van der Waals surface area contributed by atoms with Crippen LogP contribution >= 0.6 is 0 Å². The maximum Gasteiger partial charge on any atom is 0.213 e. The van der Waals surface area contributed by atoms with Crippen molar-refractivity contribution in [1.82, 2.24) is 9.97 Å². The Labute approximate surface area is 104 Å². The molecule has 1 aliphatic rings. The van der Waals surface area contributed by atoms with E-state index in [-0.39, 0.29) is 6.10 Å². The number of aromatic nitrogens is 2. The first-order valence-electron chi connectivity index (χ1n) is 5.52. The van der Waals surface area contributed by atoms with Gasteiger partial charge in [0.15, 0.2) is 12.2 Å². The molecule has 1 unspecified atom stereocenters. The van der Waals surface area contributed by atoms with E-state index in [1.165, 1.54) is 6.39 Å². The normalized spacial score (nSPS) is 17.5. The highest BCUT2D eigenvalue weighted by molar-refractivity contribution is 5.38. The molecule has 0 aliphatic carbocycles. The molecule has 1 atom stereocenters. The Morgan fingerprint density at radius 3 is 3.00 bits per heavy atom. The lowest BCUT2D eigenvalue weighted by atomic mass is 10.2. The lowest BCUT2D eigenvalue weighted by molar-refractivity contribution is 0.262. The van der Waals surface area contributed by atoms with Crippen LogP contribution in [0.2, 0.25) is 0 Å². The molecule has 2 aromatic heterocycles. The molecule has 1 aliphatic heterocycles.